The van der Waals surface area contributed by atoms with Gasteiger partial charge in [0, 0.05) is 15.8 Å². The van der Waals surface area contributed by atoms with E-state index >= 15 is 0 Å². The van der Waals surface area contributed by atoms with Crippen LogP contribution in [-0.4, -0.2) is 17.1 Å². The van der Waals surface area contributed by atoms with Gasteiger partial charge >= 0.3 is 0 Å². The van der Waals surface area contributed by atoms with Crippen molar-refractivity contribution >= 4 is 55.6 Å². The number of ether oxygens (including phenoxy) is 1. The monoisotopic (exact) mass is 400 g/mol. The Bertz CT molecular complexity index is 1140. The number of hydrogen-bond acceptors (Lipinski definition) is 5. The summed E-state index contributed by atoms with van der Waals surface area (Å²) in [7, 11) is 1.62. The van der Waals surface area contributed by atoms with Gasteiger partial charge in [-0.1, -0.05) is 29.8 Å². The first-order valence-corrected chi connectivity index (χ1v) is 9.86. The van der Waals surface area contributed by atoms with Crippen molar-refractivity contribution in [1.82, 2.24) is 9.97 Å². The summed E-state index contributed by atoms with van der Waals surface area (Å²) in [5.74, 6) is 1.13. The summed E-state index contributed by atoms with van der Waals surface area (Å²) in [5, 5.41) is 4.93. The summed E-state index contributed by atoms with van der Waals surface area (Å²) in [6.45, 7) is 0. The third kappa shape index (κ3) is 3.19. The molecule has 0 radical (unpaired) electrons. The first-order chi connectivity index (χ1) is 12.7. The van der Waals surface area contributed by atoms with Crippen molar-refractivity contribution in [2.75, 3.05) is 7.11 Å². The van der Waals surface area contributed by atoms with E-state index in [4.69, 9.17) is 16.3 Å². The Morgan fingerprint density at radius 1 is 1.23 bits per heavy atom. The van der Waals surface area contributed by atoms with Crippen LogP contribution in [-0.2, 0) is 0 Å². The molecule has 130 valence electrons. The first kappa shape index (κ1) is 17.0. The van der Waals surface area contributed by atoms with Crippen molar-refractivity contribution in [2.45, 2.75) is 0 Å². The molecule has 26 heavy (non-hydrogen) atoms. The number of thiophene rings is 2. The average molecular weight is 401 g/mol. The maximum atomic E-state index is 12.6. The smallest absolute Gasteiger partial charge is 0.260 e. The molecule has 0 amide bonds. The topological polar surface area (TPSA) is 55.0 Å². The lowest BCUT2D eigenvalue weighted by Crippen LogP contribution is -2.10. The minimum absolute atomic E-state index is 0.184. The Balaban J connectivity index is 1.75. The molecule has 0 aliphatic heterocycles. The third-order valence-electron chi connectivity index (χ3n) is 3.87. The van der Waals surface area contributed by atoms with Gasteiger partial charge in [0.25, 0.3) is 5.56 Å². The molecule has 7 heteroatoms. The predicted octanol–water partition coefficient (Wildman–Crippen LogP) is 5.46. The second-order valence-electron chi connectivity index (χ2n) is 5.49. The van der Waals surface area contributed by atoms with Crippen LogP contribution >= 0.6 is 34.3 Å². The van der Waals surface area contributed by atoms with Crippen LogP contribution in [0.2, 0.25) is 0 Å². The van der Waals surface area contributed by atoms with Gasteiger partial charge in [-0.25, -0.2) is 4.98 Å². The van der Waals surface area contributed by atoms with Crippen molar-refractivity contribution < 1.29 is 4.74 Å². The van der Waals surface area contributed by atoms with Crippen LogP contribution in [0, 0.1) is 0 Å². The number of H-pyrrole nitrogens is 1. The second-order valence-corrected chi connectivity index (χ2v) is 7.70. The highest BCUT2D eigenvalue weighted by molar-refractivity contribution is 7.18. The highest BCUT2D eigenvalue weighted by Crippen LogP contribution is 2.34. The van der Waals surface area contributed by atoms with E-state index in [0.717, 1.165) is 21.8 Å². The van der Waals surface area contributed by atoms with Crippen molar-refractivity contribution in [2.24, 2.45) is 0 Å². The number of fused-ring (bicyclic) bond motifs is 1. The van der Waals surface area contributed by atoms with Crippen molar-refractivity contribution in [3.63, 3.8) is 0 Å². The van der Waals surface area contributed by atoms with Gasteiger partial charge in [0.15, 0.2) is 5.82 Å². The lowest BCUT2D eigenvalue weighted by atomic mass is 10.2. The van der Waals surface area contributed by atoms with E-state index < -0.39 is 0 Å². The number of nitrogens with one attached hydrogen (secondary N) is 1. The van der Waals surface area contributed by atoms with Gasteiger partial charge in [-0.05, 0) is 35.2 Å². The molecular formula is C19H13ClN2O2S2. The molecule has 4 rings (SSSR count). The van der Waals surface area contributed by atoms with E-state index in [1.165, 1.54) is 11.3 Å². The minimum Gasteiger partial charge on any atom is -0.497 e. The zero-order valence-electron chi connectivity index (χ0n) is 13.7. The molecule has 1 aromatic carbocycles. The Morgan fingerprint density at radius 2 is 2.04 bits per heavy atom. The van der Waals surface area contributed by atoms with E-state index in [9.17, 15) is 4.79 Å². The Kier molecular flexibility index (Phi) is 4.63. The molecule has 3 aromatic heterocycles. The number of hydrogen-bond donors (Lipinski definition) is 1. The standard InChI is InChI=1S/C19H13ClN2O2S2/c1-24-12-6-4-11(5-7-12)9-14(20)17-21-18(23)16-13(10-26-19(16)22-17)15-3-2-8-25-15/h2-10H,1H3,(H,21,22,23). The van der Waals surface area contributed by atoms with Gasteiger partial charge in [-0.2, -0.15) is 0 Å². The van der Waals surface area contributed by atoms with Crippen LogP contribution in [0.5, 0.6) is 5.75 Å². The molecule has 0 saturated carbocycles. The van der Waals surface area contributed by atoms with Crippen LogP contribution in [0.4, 0.5) is 0 Å². The van der Waals surface area contributed by atoms with Gasteiger partial charge in [-0.3, -0.25) is 4.79 Å². The van der Waals surface area contributed by atoms with Crippen LogP contribution in [0.3, 0.4) is 0 Å². The number of methoxy groups -OCH3 is 1. The van der Waals surface area contributed by atoms with Crippen LogP contribution < -0.4 is 10.3 Å². The van der Waals surface area contributed by atoms with Crippen molar-refractivity contribution in [3.8, 4) is 16.2 Å². The summed E-state index contributed by atoms with van der Waals surface area (Å²) in [5.41, 5.74) is 1.62. The number of rotatable bonds is 4. The molecule has 4 nitrogen and oxygen atoms in total. The van der Waals surface area contributed by atoms with E-state index in [1.54, 1.807) is 24.5 Å². The number of aromatic nitrogens is 2. The van der Waals surface area contributed by atoms with Crippen molar-refractivity contribution in [3.05, 3.63) is 68.9 Å². The lowest BCUT2D eigenvalue weighted by Gasteiger charge is -2.02. The van der Waals surface area contributed by atoms with Gasteiger partial charge < -0.3 is 9.72 Å². The van der Waals surface area contributed by atoms with Crippen molar-refractivity contribution in [1.29, 1.82) is 0 Å². The normalized spacial score (nSPS) is 11.8. The highest BCUT2D eigenvalue weighted by atomic mass is 35.5. The third-order valence-corrected chi connectivity index (χ3v) is 5.93. The molecule has 4 aromatic rings. The summed E-state index contributed by atoms with van der Waals surface area (Å²) in [6.07, 6.45) is 1.76. The summed E-state index contributed by atoms with van der Waals surface area (Å²) in [4.78, 5) is 21.7. The molecule has 0 aliphatic carbocycles. The number of benzene rings is 1. The fourth-order valence-corrected chi connectivity index (χ4v) is 4.57. The van der Waals surface area contributed by atoms with Gasteiger partial charge in [0.1, 0.15) is 10.6 Å². The van der Waals surface area contributed by atoms with E-state index in [1.807, 2.05) is 47.2 Å². The molecule has 0 atom stereocenters. The molecule has 0 spiro atoms. The minimum atomic E-state index is -0.184. The molecular weight excluding hydrogens is 388 g/mol. The van der Waals surface area contributed by atoms with E-state index in [-0.39, 0.29) is 5.56 Å². The maximum absolute atomic E-state index is 12.6. The summed E-state index contributed by atoms with van der Waals surface area (Å²) in [6, 6.07) is 11.4. The number of aromatic amines is 1. The quantitative estimate of drug-likeness (QED) is 0.495. The second kappa shape index (κ2) is 7.07. The molecule has 0 saturated heterocycles. The number of halogens is 1. The molecule has 3 heterocycles. The molecule has 0 unspecified atom stereocenters. The Morgan fingerprint density at radius 3 is 2.73 bits per heavy atom. The fourth-order valence-electron chi connectivity index (χ4n) is 2.59. The Hall–Kier alpha value is -2.41. The van der Waals surface area contributed by atoms with E-state index in [0.29, 0.717) is 21.1 Å². The predicted molar refractivity (Wildman–Crippen MR) is 110 cm³/mol. The van der Waals surface area contributed by atoms with Gasteiger partial charge in [0.05, 0.1) is 17.5 Å². The largest absolute Gasteiger partial charge is 0.497 e. The zero-order chi connectivity index (χ0) is 18.1. The molecule has 0 aliphatic rings. The Labute approximate surface area is 162 Å². The number of nitrogens with zero attached hydrogens (tertiary/aromatic N) is 1. The summed E-state index contributed by atoms with van der Waals surface area (Å²) < 4.78 is 5.14. The fraction of sp³-hybridized carbons (Fsp3) is 0.0526. The lowest BCUT2D eigenvalue weighted by molar-refractivity contribution is 0.415. The maximum Gasteiger partial charge on any atom is 0.260 e. The van der Waals surface area contributed by atoms with Crippen LogP contribution in [0.25, 0.3) is 31.8 Å². The van der Waals surface area contributed by atoms with Gasteiger partial charge in [-0.15, -0.1) is 22.7 Å². The van der Waals surface area contributed by atoms with E-state index in [2.05, 4.69) is 9.97 Å². The van der Waals surface area contributed by atoms with Gasteiger partial charge in [0.2, 0.25) is 0 Å². The molecule has 0 bridgehead atoms. The SMILES string of the molecule is COc1ccc(C=C(Cl)c2nc3scc(-c4cccs4)c3c(=O)[nH]2)cc1. The van der Waals surface area contributed by atoms with Crippen LogP contribution in [0.15, 0.2) is 52.0 Å². The zero-order valence-corrected chi connectivity index (χ0v) is 16.0. The average Bonchev–Trinajstić information content (AvgIpc) is 3.31. The summed E-state index contributed by atoms with van der Waals surface area (Å²) >= 11 is 9.44. The highest BCUT2D eigenvalue weighted by Gasteiger charge is 2.14. The molecule has 1 N–H and O–H groups in total. The first-order valence-electron chi connectivity index (χ1n) is 7.73. The molecule has 0 fully saturated rings. The van der Waals surface area contributed by atoms with Crippen LogP contribution in [0.1, 0.15) is 11.4 Å².